The number of nitrogens with two attached hydrogens (primary N) is 1. The maximum Gasteiger partial charge on any atom is 0.391 e. The van der Waals surface area contributed by atoms with E-state index in [2.05, 4.69) is 15.5 Å². The van der Waals surface area contributed by atoms with Crippen molar-refractivity contribution in [3.05, 3.63) is 11.8 Å². The van der Waals surface area contributed by atoms with Crippen molar-refractivity contribution >= 4 is 28.9 Å². The van der Waals surface area contributed by atoms with Gasteiger partial charge in [-0.3, -0.25) is 9.89 Å². The number of carbonyl (C=O) groups excluding carboxylic acids is 1. The lowest BCUT2D eigenvalue weighted by Gasteiger charge is -2.29. The molecule has 1 aliphatic rings. The standard InChI is InChI=1S/C12H15F3N4OS/c13-12(14,15)7-3-1-2-6(4-7)11(20)18-10-8(9(16)21)5-17-19-10/h5-7H,1-4H2,(H2,16,21)(H2,17,18,19,20). The summed E-state index contributed by atoms with van der Waals surface area (Å²) in [5.41, 5.74) is 5.83. The van der Waals surface area contributed by atoms with Gasteiger partial charge in [0.05, 0.1) is 17.7 Å². The lowest BCUT2D eigenvalue weighted by Crippen LogP contribution is -2.34. The Balaban J connectivity index is 2.03. The minimum absolute atomic E-state index is 0.0517. The number of hydrogen-bond donors (Lipinski definition) is 3. The second-order valence-electron chi connectivity index (χ2n) is 5.11. The summed E-state index contributed by atoms with van der Waals surface area (Å²) in [6, 6.07) is 0. The lowest BCUT2D eigenvalue weighted by molar-refractivity contribution is -0.185. The van der Waals surface area contributed by atoms with Crippen LogP contribution < -0.4 is 11.1 Å². The van der Waals surface area contributed by atoms with Crippen molar-refractivity contribution in [2.24, 2.45) is 17.6 Å². The minimum atomic E-state index is -4.25. The number of nitrogens with zero attached hydrogens (tertiary/aromatic N) is 1. The Labute approximate surface area is 124 Å². The van der Waals surface area contributed by atoms with Crippen molar-refractivity contribution in [2.75, 3.05) is 5.32 Å². The van der Waals surface area contributed by atoms with Crippen LogP contribution in [-0.2, 0) is 4.79 Å². The van der Waals surface area contributed by atoms with Crippen LogP contribution in [0, 0.1) is 11.8 Å². The van der Waals surface area contributed by atoms with E-state index in [4.69, 9.17) is 18.0 Å². The Morgan fingerprint density at radius 3 is 2.81 bits per heavy atom. The monoisotopic (exact) mass is 320 g/mol. The topological polar surface area (TPSA) is 83.8 Å². The number of hydrogen-bond acceptors (Lipinski definition) is 3. The van der Waals surface area contributed by atoms with Gasteiger partial charge in [0.2, 0.25) is 5.91 Å². The summed E-state index contributed by atoms with van der Waals surface area (Å²) in [6.45, 7) is 0. The number of rotatable bonds is 3. The highest BCUT2D eigenvalue weighted by Crippen LogP contribution is 2.40. The average molecular weight is 320 g/mol. The molecular weight excluding hydrogens is 305 g/mol. The second kappa shape index (κ2) is 6.00. The predicted octanol–water partition coefficient (Wildman–Crippen LogP) is 2.35. The largest absolute Gasteiger partial charge is 0.391 e. The number of amides is 1. The molecule has 1 aliphatic carbocycles. The molecule has 0 bridgehead atoms. The Hall–Kier alpha value is -1.64. The highest BCUT2D eigenvalue weighted by atomic mass is 32.1. The molecule has 1 aromatic heterocycles. The first-order chi connectivity index (χ1) is 9.79. The van der Waals surface area contributed by atoms with Crippen molar-refractivity contribution in [3.63, 3.8) is 0 Å². The molecule has 2 atom stereocenters. The molecule has 116 valence electrons. The highest BCUT2D eigenvalue weighted by Gasteiger charge is 2.43. The van der Waals surface area contributed by atoms with E-state index in [1.165, 1.54) is 6.20 Å². The van der Waals surface area contributed by atoms with Gasteiger partial charge in [0.25, 0.3) is 0 Å². The number of carbonyl (C=O) groups is 1. The van der Waals surface area contributed by atoms with E-state index in [1.807, 2.05) is 0 Å². The van der Waals surface area contributed by atoms with Gasteiger partial charge >= 0.3 is 6.18 Å². The fourth-order valence-corrected chi connectivity index (χ4v) is 2.67. The van der Waals surface area contributed by atoms with Crippen molar-refractivity contribution in [2.45, 2.75) is 31.9 Å². The van der Waals surface area contributed by atoms with Gasteiger partial charge < -0.3 is 11.1 Å². The molecule has 5 nitrogen and oxygen atoms in total. The molecule has 21 heavy (non-hydrogen) atoms. The number of thiocarbonyl (C=S) groups is 1. The van der Waals surface area contributed by atoms with Crippen LogP contribution in [0.15, 0.2) is 6.20 Å². The zero-order valence-electron chi connectivity index (χ0n) is 11.0. The Morgan fingerprint density at radius 1 is 1.48 bits per heavy atom. The fraction of sp³-hybridized carbons (Fsp3) is 0.583. The molecule has 1 saturated carbocycles. The molecule has 0 radical (unpaired) electrons. The summed E-state index contributed by atoms with van der Waals surface area (Å²) < 4.78 is 38.2. The van der Waals surface area contributed by atoms with E-state index in [0.717, 1.165) is 0 Å². The van der Waals surface area contributed by atoms with Gasteiger partial charge in [0.1, 0.15) is 10.8 Å². The number of aromatic amines is 1. The minimum Gasteiger partial charge on any atom is -0.389 e. The quantitative estimate of drug-likeness (QED) is 0.747. The van der Waals surface area contributed by atoms with E-state index in [9.17, 15) is 18.0 Å². The summed E-state index contributed by atoms with van der Waals surface area (Å²) in [6.07, 6.45) is -2.18. The van der Waals surface area contributed by atoms with Gasteiger partial charge in [0.15, 0.2) is 0 Å². The maximum atomic E-state index is 12.7. The molecule has 2 unspecified atom stereocenters. The molecule has 2 rings (SSSR count). The molecule has 1 fully saturated rings. The van der Waals surface area contributed by atoms with E-state index < -0.39 is 23.9 Å². The molecule has 0 aliphatic heterocycles. The zero-order valence-corrected chi connectivity index (χ0v) is 11.9. The number of H-pyrrole nitrogens is 1. The zero-order chi connectivity index (χ0) is 15.6. The normalized spacial score (nSPS) is 22.8. The number of alkyl halides is 3. The van der Waals surface area contributed by atoms with Crippen LogP contribution in [-0.4, -0.2) is 27.3 Å². The molecule has 1 amide bonds. The van der Waals surface area contributed by atoms with Crippen LogP contribution in [0.3, 0.4) is 0 Å². The van der Waals surface area contributed by atoms with Gasteiger partial charge in [-0.25, -0.2) is 0 Å². The summed E-state index contributed by atoms with van der Waals surface area (Å²) in [4.78, 5) is 12.2. The second-order valence-corrected chi connectivity index (χ2v) is 5.55. The van der Waals surface area contributed by atoms with Gasteiger partial charge in [-0.1, -0.05) is 18.6 Å². The summed E-state index contributed by atoms with van der Waals surface area (Å²) >= 11 is 4.80. The van der Waals surface area contributed by atoms with Gasteiger partial charge in [-0.05, 0) is 19.3 Å². The number of nitrogens with one attached hydrogen (secondary N) is 2. The Bertz CT molecular complexity index is 543. The molecule has 1 aromatic rings. The van der Waals surface area contributed by atoms with Crippen LogP contribution in [0.5, 0.6) is 0 Å². The van der Waals surface area contributed by atoms with Crippen LogP contribution in [0.25, 0.3) is 0 Å². The smallest absolute Gasteiger partial charge is 0.389 e. The fourth-order valence-electron chi connectivity index (χ4n) is 2.52. The summed E-state index contributed by atoms with van der Waals surface area (Å²) in [5.74, 6) is -2.33. The predicted molar refractivity (Wildman–Crippen MR) is 74.6 cm³/mol. The summed E-state index contributed by atoms with van der Waals surface area (Å²) in [5, 5.41) is 8.76. The number of halogens is 3. The van der Waals surface area contributed by atoms with Crippen molar-refractivity contribution in [1.29, 1.82) is 0 Å². The first-order valence-corrected chi connectivity index (χ1v) is 6.90. The molecule has 9 heteroatoms. The van der Waals surface area contributed by atoms with Crippen LogP contribution >= 0.6 is 12.2 Å². The van der Waals surface area contributed by atoms with Crippen LogP contribution in [0.4, 0.5) is 19.0 Å². The molecular formula is C12H15F3N4OS. The molecule has 0 saturated heterocycles. The van der Waals surface area contributed by atoms with Crippen molar-refractivity contribution < 1.29 is 18.0 Å². The lowest BCUT2D eigenvalue weighted by atomic mass is 9.80. The molecule has 0 spiro atoms. The Morgan fingerprint density at radius 2 is 2.19 bits per heavy atom. The number of aromatic nitrogens is 2. The summed E-state index contributed by atoms with van der Waals surface area (Å²) in [7, 11) is 0. The first kappa shape index (κ1) is 15.7. The molecule has 0 aromatic carbocycles. The van der Waals surface area contributed by atoms with Gasteiger partial charge in [0, 0.05) is 5.92 Å². The third-order valence-corrected chi connectivity index (χ3v) is 3.88. The van der Waals surface area contributed by atoms with E-state index in [-0.39, 0.29) is 23.6 Å². The van der Waals surface area contributed by atoms with Crippen LogP contribution in [0.2, 0.25) is 0 Å². The molecule has 1 heterocycles. The van der Waals surface area contributed by atoms with E-state index in [1.54, 1.807) is 0 Å². The first-order valence-electron chi connectivity index (χ1n) is 6.49. The highest BCUT2D eigenvalue weighted by molar-refractivity contribution is 7.80. The van der Waals surface area contributed by atoms with Gasteiger partial charge in [-0.15, -0.1) is 0 Å². The third-order valence-electron chi connectivity index (χ3n) is 3.66. The van der Waals surface area contributed by atoms with E-state index >= 15 is 0 Å². The van der Waals surface area contributed by atoms with Crippen molar-refractivity contribution in [3.8, 4) is 0 Å². The SMILES string of the molecule is NC(=S)c1cn[nH]c1NC(=O)C1CCCC(C(F)(F)F)C1. The Kier molecular flexibility index (Phi) is 4.50. The number of anilines is 1. The molecule has 4 N–H and O–H groups in total. The maximum absolute atomic E-state index is 12.7. The van der Waals surface area contributed by atoms with E-state index in [0.29, 0.717) is 18.4 Å². The third kappa shape index (κ3) is 3.72. The van der Waals surface area contributed by atoms with Gasteiger partial charge in [-0.2, -0.15) is 18.3 Å². The average Bonchev–Trinajstić information content (AvgIpc) is 2.86. The van der Waals surface area contributed by atoms with Crippen LogP contribution in [0.1, 0.15) is 31.2 Å². The van der Waals surface area contributed by atoms with Crippen molar-refractivity contribution in [1.82, 2.24) is 10.2 Å².